The fourth-order valence-electron chi connectivity index (χ4n) is 2.05. The van der Waals surface area contributed by atoms with Crippen molar-refractivity contribution in [2.75, 3.05) is 19.1 Å². The van der Waals surface area contributed by atoms with Gasteiger partial charge in [-0.05, 0) is 42.7 Å². The minimum absolute atomic E-state index is 0.0558. The molecule has 1 N–H and O–H groups in total. The van der Waals surface area contributed by atoms with E-state index < -0.39 is 11.7 Å². The first kappa shape index (κ1) is 15.4. The molecule has 0 radical (unpaired) electrons. The van der Waals surface area contributed by atoms with E-state index in [1.54, 1.807) is 24.9 Å². The van der Waals surface area contributed by atoms with E-state index in [9.17, 15) is 13.2 Å². The number of benzene rings is 1. The van der Waals surface area contributed by atoms with Gasteiger partial charge in [-0.2, -0.15) is 24.9 Å². The lowest BCUT2D eigenvalue weighted by Gasteiger charge is -2.24. The first-order valence-electron chi connectivity index (χ1n) is 5.73. The van der Waals surface area contributed by atoms with Crippen LogP contribution < -0.4 is 5.32 Å². The minimum Gasteiger partial charge on any atom is -0.313 e. The molecular weight excluding hydrogens is 259 g/mol. The first-order valence-corrected chi connectivity index (χ1v) is 7.13. The number of hydrogen-bond donors (Lipinski definition) is 1. The van der Waals surface area contributed by atoms with Gasteiger partial charge in [0.05, 0.1) is 5.56 Å². The number of rotatable bonds is 5. The molecule has 0 spiro atoms. The molecule has 0 amide bonds. The molecule has 1 rings (SSSR count). The summed E-state index contributed by atoms with van der Waals surface area (Å²) in [5.41, 5.74) is 0.102. The quantitative estimate of drug-likeness (QED) is 0.874. The van der Waals surface area contributed by atoms with Crippen LogP contribution in [0.5, 0.6) is 0 Å². The van der Waals surface area contributed by atoms with Crippen LogP contribution in [0.25, 0.3) is 0 Å². The Bertz CT molecular complexity index is 379. The summed E-state index contributed by atoms with van der Waals surface area (Å²) in [6, 6.07) is 5.49. The number of hydrogen-bond acceptors (Lipinski definition) is 2. The monoisotopic (exact) mass is 277 g/mol. The van der Waals surface area contributed by atoms with E-state index >= 15 is 0 Å². The molecule has 0 heterocycles. The Balaban J connectivity index is 3.00. The third-order valence-corrected chi connectivity index (χ3v) is 3.74. The van der Waals surface area contributed by atoms with E-state index in [0.717, 1.165) is 11.8 Å². The van der Waals surface area contributed by atoms with Crippen LogP contribution in [0, 0.1) is 5.92 Å². The highest BCUT2D eigenvalue weighted by Gasteiger charge is 2.31. The highest BCUT2D eigenvalue weighted by Crippen LogP contribution is 2.32. The first-order chi connectivity index (χ1) is 8.40. The second kappa shape index (κ2) is 6.48. The molecule has 0 aliphatic rings. The normalized spacial score (nSPS) is 15.4. The molecule has 0 fully saturated rings. The predicted molar refractivity (Wildman–Crippen MR) is 70.8 cm³/mol. The molecule has 18 heavy (non-hydrogen) atoms. The van der Waals surface area contributed by atoms with Crippen LogP contribution in [0.2, 0.25) is 0 Å². The van der Waals surface area contributed by atoms with E-state index in [1.165, 1.54) is 12.1 Å². The molecule has 1 nitrogen and oxygen atoms in total. The summed E-state index contributed by atoms with van der Waals surface area (Å²) in [6.45, 7) is 2.04. The minimum atomic E-state index is -4.28. The molecular formula is C13H18F3NS. The van der Waals surface area contributed by atoms with Gasteiger partial charge >= 0.3 is 6.18 Å². The Morgan fingerprint density at radius 1 is 1.33 bits per heavy atom. The zero-order chi connectivity index (χ0) is 13.8. The van der Waals surface area contributed by atoms with Crippen LogP contribution in [0.15, 0.2) is 24.3 Å². The van der Waals surface area contributed by atoms with Crippen molar-refractivity contribution in [2.24, 2.45) is 5.92 Å². The van der Waals surface area contributed by atoms with E-state index in [4.69, 9.17) is 0 Å². The molecule has 2 unspecified atom stereocenters. The Morgan fingerprint density at radius 2 is 2.00 bits per heavy atom. The van der Waals surface area contributed by atoms with Gasteiger partial charge in [0.2, 0.25) is 0 Å². The molecule has 5 heteroatoms. The van der Waals surface area contributed by atoms with Gasteiger partial charge < -0.3 is 5.32 Å². The van der Waals surface area contributed by atoms with Crippen molar-refractivity contribution in [1.82, 2.24) is 5.32 Å². The molecule has 0 saturated carbocycles. The summed E-state index contributed by atoms with van der Waals surface area (Å²) >= 11 is 1.70. The molecule has 2 atom stereocenters. The largest absolute Gasteiger partial charge is 0.416 e. The maximum atomic E-state index is 12.7. The summed E-state index contributed by atoms with van der Waals surface area (Å²) in [5, 5.41) is 3.10. The maximum Gasteiger partial charge on any atom is 0.416 e. The summed E-state index contributed by atoms with van der Waals surface area (Å²) in [7, 11) is 1.78. The Hall–Kier alpha value is -0.680. The van der Waals surface area contributed by atoms with E-state index in [0.29, 0.717) is 5.56 Å². The van der Waals surface area contributed by atoms with Crippen LogP contribution in [-0.2, 0) is 6.18 Å². The van der Waals surface area contributed by atoms with Crippen molar-refractivity contribution in [3.8, 4) is 0 Å². The second-order valence-corrected chi connectivity index (χ2v) is 5.23. The highest BCUT2D eigenvalue weighted by atomic mass is 32.2. The van der Waals surface area contributed by atoms with Crippen molar-refractivity contribution in [3.05, 3.63) is 35.4 Å². The van der Waals surface area contributed by atoms with E-state index in [-0.39, 0.29) is 12.0 Å². The van der Waals surface area contributed by atoms with Crippen LogP contribution >= 0.6 is 11.8 Å². The van der Waals surface area contributed by atoms with Crippen molar-refractivity contribution in [1.29, 1.82) is 0 Å². The van der Waals surface area contributed by atoms with Crippen LogP contribution in [0.1, 0.15) is 24.1 Å². The zero-order valence-electron chi connectivity index (χ0n) is 10.7. The number of thioether (sulfide) groups is 1. The fourth-order valence-corrected chi connectivity index (χ4v) is 2.77. The molecule has 0 bridgehead atoms. The second-order valence-electron chi connectivity index (χ2n) is 4.32. The average molecular weight is 277 g/mol. The topological polar surface area (TPSA) is 12.0 Å². The van der Waals surface area contributed by atoms with Gasteiger partial charge in [0, 0.05) is 6.04 Å². The van der Waals surface area contributed by atoms with Gasteiger partial charge in [0.25, 0.3) is 0 Å². The third-order valence-electron chi connectivity index (χ3n) is 2.88. The van der Waals surface area contributed by atoms with Gasteiger partial charge in [0.1, 0.15) is 0 Å². The van der Waals surface area contributed by atoms with Crippen molar-refractivity contribution in [2.45, 2.75) is 19.1 Å². The number of halogens is 3. The van der Waals surface area contributed by atoms with E-state index in [2.05, 4.69) is 5.32 Å². The fraction of sp³-hybridized carbons (Fsp3) is 0.538. The molecule has 0 aromatic heterocycles. The van der Waals surface area contributed by atoms with Crippen molar-refractivity contribution >= 4 is 11.8 Å². The Morgan fingerprint density at radius 3 is 2.50 bits per heavy atom. The van der Waals surface area contributed by atoms with Gasteiger partial charge in [-0.1, -0.05) is 19.1 Å². The molecule has 102 valence electrons. The van der Waals surface area contributed by atoms with Crippen LogP contribution in [0.3, 0.4) is 0 Å². The summed E-state index contributed by atoms with van der Waals surface area (Å²) in [5.74, 6) is 1.18. The van der Waals surface area contributed by atoms with Crippen LogP contribution in [-0.4, -0.2) is 19.1 Å². The Labute approximate surface area is 110 Å². The van der Waals surface area contributed by atoms with Crippen molar-refractivity contribution in [3.63, 3.8) is 0 Å². The SMILES string of the molecule is CNC(c1cccc(C(F)(F)F)c1)C(C)CSC. The molecule has 0 aliphatic heterocycles. The molecule has 1 aromatic rings. The molecule has 0 aliphatic carbocycles. The van der Waals surface area contributed by atoms with Gasteiger partial charge in [-0.3, -0.25) is 0 Å². The zero-order valence-corrected chi connectivity index (χ0v) is 11.5. The number of nitrogens with one attached hydrogen (secondary N) is 1. The molecule has 1 aromatic carbocycles. The van der Waals surface area contributed by atoms with Gasteiger partial charge in [0.15, 0.2) is 0 Å². The van der Waals surface area contributed by atoms with Crippen molar-refractivity contribution < 1.29 is 13.2 Å². The lowest BCUT2D eigenvalue weighted by atomic mass is 9.94. The van der Waals surface area contributed by atoms with E-state index in [1.807, 2.05) is 13.2 Å². The maximum absolute atomic E-state index is 12.7. The van der Waals surface area contributed by atoms with Gasteiger partial charge in [-0.25, -0.2) is 0 Å². The Kier molecular flexibility index (Phi) is 5.53. The summed E-state index contributed by atoms with van der Waals surface area (Å²) in [6.07, 6.45) is -2.29. The average Bonchev–Trinajstić information content (AvgIpc) is 2.29. The number of alkyl halides is 3. The summed E-state index contributed by atoms with van der Waals surface area (Å²) < 4.78 is 38.0. The highest BCUT2D eigenvalue weighted by molar-refractivity contribution is 7.98. The lowest BCUT2D eigenvalue weighted by molar-refractivity contribution is -0.137. The lowest BCUT2D eigenvalue weighted by Crippen LogP contribution is -2.25. The summed E-state index contributed by atoms with van der Waals surface area (Å²) in [4.78, 5) is 0. The predicted octanol–water partition coefficient (Wildman–Crippen LogP) is 3.97. The smallest absolute Gasteiger partial charge is 0.313 e. The molecule has 0 saturated heterocycles. The standard InChI is InChI=1S/C13H18F3NS/c1-9(8-18-3)12(17-2)10-5-4-6-11(7-10)13(14,15)16/h4-7,9,12,17H,8H2,1-3H3. The van der Waals surface area contributed by atoms with Crippen LogP contribution in [0.4, 0.5) is 13.2 Å². The van der Waals surface area contributed by atoms with Gasteiger partial charge in [-0.15, -0.1) is 0 Å². The third kappa shape index (κ3) is 3.92.